The number of likely N-dealkylation sites (tertiary alicyclic amines) is 1. The molecule has 2 saturated heterocycles. The zero-order valence-electron chi connectivity index (χ0n) is 23.0. The van der Waals surface area contributed by atoms with Gasteiger partial charge in [0.25, 0.3) is 0 Å². The Morgan fingerprint density at radius 3 is 2.37 bits per heavy atom. The van der Waals surface area contributed by atoms with Crippen molar-refractivity contribution in [3.63, 3.8) is 0 Å². The highest BCUT2D eigenvalue weighted by molar-refractivity contribution is 6.00. The predicted octanol–water partition coefficient (Wildman–Crippen LogP) is 7.62. The lowest BCUT2D eigenvalue weighted by atomic mass is 9.91. The molecule has 2 atom stereocenters. The molecule has 3 aromatic rings. The maximum absolute atomic E-state index is 16.7. The van der Waals surface area contributed by atoms with E-state index in [9.17, 15) is 0 Å². The first-order valence-corrected chi connectivity index (χ1v) is 13.7. The molecule has 2 aliphatic heterocycles. The lowest BCUT2D eigenvalue weighted by Crippen LogP contribution is -2.50. The second-order valence-electron chi connectivity index (χ2n) is 10.5. The number of benzene rings is 3. The fourth-order valence-corrected chi connectivity index (χ4v) is 6.09. The van der Waals surface area contributed by atoms with Gasteiger partial charge < -0.3 is 15.0 Å². The number of nitrogens with zero attached hydrogens (tertiary/aromatic N) is 2. The van der Waals surface area contributed by atoms with Gasteiger partial charge in [-0.15, -0.1) is 0 Å². The average molecular weight is 518 g/mol. The van der Waals surface area contributed by atoms with Gasteiger partial charge in [0.05, 0.1) is 12.7 Å². The smallest absolute Gasteiger partial charge is 0.184 e. The van der Waals surface area contributed by atoms with Crippen LogP contribution in [0.5, 0.6) is 0 Å². The molecule has 0 aliphatic carbocycles. The van der Waals surface area contributed by atoms with Crippen LogP contribution in [0.25, 0.3) is 27.6 Å². The highest BCUT2D eigenvalue weighted by atomic mass is 19.1. The van der Waals surface area contributed by atoms with E-state index in [1.165, 1.54) is 13.2 Å². The van der Waals surface area contributed by atoms with E-state index in [0.29, 0.717) is 29.1 Å². The molecular weight excluding hydrogens is 480 g/mol. The topological polar surface area (TPSA) is 36.9 Å². The number of halogens is 2. The van der Waals surface area contributed by atoms with Gasteiger partial charge in [0.15, 0.2) is 11.7 Å². The molecular formula is C32H37F2N3O. The summed E-state index contributed by atoms with van der Waals surface area (Å²) in [6.07, 6.45) is 3.78. The van der Waals surface area contributed by atoms with Crippen LogP contribution in [0.15, 0.2) is 53.0 Å². The third-order valence-electron chi connectivity index (χ3n) is 8.12. The molecule has 2 bridgehead atoms. The number of methoxy groups -OCH3 is 1. The van der Waals surface area contributed by atoms with E-state index in [1.807, 2.05) is 30.3 Å². The standard InChI is InChI=1S/C32H37F2N3O/c1-6-19(3)32(37-17-23-14-15-24(18-37)36-23)26-16-27(33)29(30(34)31(26)35-20(4)38-5)25-13-9-12-22-11-8-10-21(7-2)28(22)25/h8-13,16,23-24,36H,6-7,14-15,17-18H2,1-5H3/b32-19+,35-20+. The summed E-state index contributed by atoms with van der Waals surface area (Å²) in [6.45, 7) is 9.51. The van der Waals surface area contributed by atoms with E-state index in [2.05, 4.69) is 36.0 Å². The van der Waals surface area contributed by atoms with Gasteiger partial charge in [-0.05, 0) is 66.1 Å². The van der Waals surface area contributed by atoms with Crippen molar-refractivity contribution in [1.82, 2.24) is 10.2 Å². The first kappa shape index (κ1) is 26.4. The molecule has 0 spiro atoms. The fourth-order valence-electron chi connectivity index (χ4n) is 6.09. The maximum Gasteiger partial charge on any atom is 0.184 e. The lowest BCUT2D eigenvalue weighted by molar-refractivity contribution is 0.274. The van der Waals surface area contributed by atoms with Crippen molar-refractivity contribution in [1.29, 1.82) is 0 Å². The van der Waals surface area contributed by atoms with E-state index >= 15 is 8.78 Å². The Bertz CT molecular complexity index is 1410. The number of piperazine rings is 1. The molecule has 0 amide bonds. The van der Waals surface area contributed by atoms with Crippen LogP contribution < -0.4 is 5.32 Å². The minimum atomic E-state index is -0.658. The third kappa shape index (κ3) is 4.71. The van der Waals surface area contributed by atoms with Gasteiger partial charge in [-0.3, -0.25) is 0 Å². The molecule has 2 fully saturated rings. The number of aliphatic imine (C=N–C) groups is 1. The van der Waals surface area contributed by atoms with Crippen molar-refractivity contribution in [3.8, 4) is 11.1 Å². The molecule has 38 heavy (non-hydrogen) atoms. The SMILES string of the molecule is CC/C(C)=C(\c1cc(F)c(-c2cccc3cccc(CC)c23)c(F)c1/N=C(\C)OC)N1CC2CCC(C1)N2. The van der Waals surface area contributed by atoms with Gasteiger partial charge in [-0.25, -0.2) is 13.8 Å². The Morgan fingerprint density at radius 1 is 1.05 bits per heavy atom. The number of allylic oxidation sites excluding steroid dienone is 1. The Hall–Kier alpha value is -3.25. The van der Waals surface area contributed by atoms with Crippen LogP contribution in [-0.2, 0) is 11.2 Å². The molecule has 3 aromatic carbocycles. The minimum absolute atomic E-state index is 0.0446. The number of ether oxygens (including phenoxy) is 1. The van der Waals surface area contributed by atoms with E-state index in [-0.39, 0.29) is 11.3 Å². The molecule has 0 radical (unpaired) electrons. The Morgan fingerprint density at radius 2 is 1.74 bits per heavy atom. The van der Waals surface area contributed by atoms with Crippen LogP contribution in [0.2, 0.25) is 0 Å². The van der Waals surface area contributed by atoms with Gasteiger partial charge in [-0.2, -0.15) is 0 Å². The Labute approximate surface area is 224 Å². The number of rotatable bonds is 6. The van der Waals surface area contributed by atoms with Crippen LogP contribution in [-0.4, -0.2) is 43.1 Å². The van der Waals surface area contributed by atoms with E-state index in [4.69, 9.17) is 4.74 Å². The van der Waals surface area contributed by atoms with Crippen LogP contribution in [0, 0.1) is 11.6 Å². The van der Waals surface area contributed by atoms with Gasteiger partial charge in [0.2, 0.25) is 0 Å². The van der Waals surface area contributed by atoms with Crippen molar-refractivity contribution >= 4 is 28.1 Å². The number of aryl methyl sites for hydroxylation is 1. The molecule has 0 saturated carbocycles. The van der Waals surface area contributed by atoms with Crippen molar-refractivity contribution < 1.29 is 13.5 Å². The summed E-state index contributed by atoms with van der Waals surface area (Å²) in [4.78, 5) is 6.89. The second-order valence-corrected chi connectivity index (χ2v) is 10.5. The van der Waals surface area contributed by atoms with Crippen LogP contribution in [0.1, 0.15) is 58.1 Å². The third-order valence-corrected chi connectivity index (χ3v) is 8.12. The number of hydrogen-bond donors (Lipinski definition) is 1. The predicted molar refractivity (Wildman–Crippen MR) is 153 cm³/mol. The van der Waals surface area contributed by atoms with Gasteiger partial charge in [0.1, 0.15) is 11.5 Å². The summed E-state index contributed by atoms with van der Waals surface area (Å²) in [5.74, 6) is -0.914. The van der Waals surface area contributed by atoms with Crippen molar-refractivity contribution in [2.24, 2.45) is 4.99 Å². The number of fused-ring (bicyclic) bond motifs is 3. The zero-order valence-corrected chi connectivity index (χ0v) is 23.0. The van der Waals surface area contributed by atoms with Crippen molar-refractivity contribution in [3.05, 3.63) is 70.8 Å². The Balaban J connectivity index is 1.78. The largest absolute Gasteiger partial charge is 0.484 e. The highest BCUT2D eigenvalue weighted by Gasteiger charge is 2.35. The molecule has 0 aromatic heterocycles. The zero-order chi connectivity index (χ0) is 27.0. The summed E-state index contributed by atoms with van der Waals surface area (Å²) in [5, 5.41) is 5.50. The lowest BCUT2D eigenvalue weighted by Gasteiger charge is -2.38. The summed E-state index contributed by atoms with van der Waals surface area (Å²) < 4.78 is 38.3. The van der Waals surface area contributed by atoms with E-state index in [0.717, 1.165) is 66.4 Å². The first-order chi connectivity index (χ1) is 18.4. The van der Waals surface area contributed by atoms with Crippen LogP contribution >= 0.6 is 0 Å². The number of nitrogens with one attached hydrogen (secondary N) is 1. The van der Waals surface area contributed by atoms with Crippen LogP contribution in [0.3, 0.4) is 0 Å². The molecule has 2 unspecified atom stereocenters. The van der Waals surface area contributed by atoms with Gasteiger partial charge >= 0.3 is 0 Å². The fraction of sp³-hybridized carbons (Fsp3) is 0.406. The Kier molecular flexibility index (Phi) is 7.53. The van der Waals surface area contributed by atoms with Crippen molar-refractivity contribution in [2.75, 3.05) is 20.2 Å². The second kappa shape index (κ2) is 10.9. The van der Waals surface area contributed by atoms with Gasteiger partial charge in [0, 0.05) is 43.4 Å². The highest BCUT2D eigenvalue weighted by Crippen LogP contribution is 2.43. The summed E-state index contributed by atoms with van der Waals surface area (Å²) in [7, 11) is 1.51. The summed E-state index contributed by atoms with van der Waals surface area (Å²) in [6, 6.07) is 13.9. The van der Waals surface area contributed by atoms with Gasteiger partial charge in [-0.1, -0.05) is 50.2 Å². The summed E-state index contributed by atoms with van der Waals surface area (Å²) >= 11 is 0. The molecule has 6 heteroatoms. The van der Waals surface area contributed by atoms with Crippen LogP contribution in [0.4, 0.5) is 14.5 Å². The molecule has 4 nitrogen and oxygen atoms in total. The molecule has 200 valence electrons. The van der Waals surface area contributed by atoms with Crippen molar-refractivity contribution in [2.45, 2.75) is 65.5 Å². The molecule has 5 rings (SSSR count). The molecule has 2 heterocycles. The quantitative estimate of drug-likeness (QED) is 0.270. The average Bonchev–Trinajstić information content (AvgIpc) is 3.27. The van der Waals surface area contributed by atoms with E-state index < -0.39 is 11.6 Å². The maximum atomic E-state index is 16.7. The number of hydrogen-bond acceptors (Lipinski definition) is 4. The minimum Gasteiger partial charge on any atom is -0.484 e. The first-order valence-electron chi connectivity index (χ1n) is 13.7. The summed E-state index contributed by atoms with van der Waals surface area (Å²) in [5.41, 5.74) is 4.13. The monoisotopic (exact) mass is 517 g/mol. The van der Waals surface area contributed by atoms with E-state index in [1.54, 1.807) is 13.0 Å². The normalized spacial score (nSPS) is 20.2. The molecule has 1 N–H and O–H groups in total. The molecule has 2 aliphatic rings.